The fourth-order valence-electron chi connectivity index (χ4n) is 1.60. The largest absolute Gasteiger partial charge is 0.300 e. The van der Waals surface area contributed by atoms with Gasteiger partial charge in [0.1, 0.15) is 5.78 Å². The number of carbonyl (C=O) groups excluding carboxylic acids is 1. The van der Waals surface area contributed by atoms with Crippen LogP contribution in [0.2, 0.25) is 0 Å². The molecule has 0 N–H and O–H groups in total. The third kappa shape index (κ3) is 6.80. The Hall–Kier alpha value is -0.330. The summed E-state index contributed by atoms with van der Waals surface area (Å²) in [5.74, 6) is 1.09. The van der Waals surface area contributed by atoms with Crippen LogP contribution in [-0.2, 0) is 4.79 Å². The van der Waals surface area contributed by atoms with Gasteiger partial charge in [0.15, 0.2) is 0 Å². The average molecular weight is 184 g/mol. The highest BCUT2D eigenvalue weighted by atomic mass is 16.1. The van der Waals surface area contributed by atoms with Gasteiger partial charge in [-0.25, -0.2) is 0 Å². The fraction of sp³-hybridized carbons (Fsp3) is 0.917. The number of hydrogen-bond donors (Lipinski definition) is 0. The zero-order valence-corrected chi connectivity index (χ0v) is 9.44. The van der Waals surface area contributed by atoms with Crippen LogP contribution in [0.5, 0.6) is 0 Å². The van der Waals surface area contributed by atoms with Crippen LogP contribution < -0.4 is 0 Å². The van der Waals surface area contributed by atoms with Gasteiger partial charge in [-0.3, -0.25) is 4.79 Å². The van der Waals surface area contributed by atoms with Crippen molar-refractivity contribution in [3.63, 3.8) is 0 Å². The summed E-state index contributed by atoms with van der Waals surface area (Å²) in [4.78, 5) is 11.2. The van der Waals surface area contributed by atoms with E-state index < -0.39 is 0 Å². The van der Waals surface area contributed by atoms with Gasteiger partial charge in [0.25, 0.3) is 0 Å². The minimum atomic E-state index is 0.434. The average Bonchev–Trinajstić information content (AvgIpc) is 2.16. The first-order valence-corrected chi connectivity index (χ1v) is 5.76. The number of Topliss-reactive ketones (excluding diaryl/α,β-unsaturated/α-hetero) is 1. The Morgan fingerprint density at radius 1 is 1.15 bits per heavy atom. The quantitative estimate of drug-likeness (QED) is 0.522. The normalized spacial score (nSPS) is 12.8. The lowest BCUT2D eigenvalue weighted by molar-refractivity contribution is -0.119. The monoisotopic (exact) mass is 184 g/mol. The van der Waals surface area contributed by atoms with E-state index in [0.29, 0.717) is 18.1 Å². The molecule has 0 aromatic heterocycles. The minimum absolute atomic E-state index is 0.434. The number of hydrogen-bond acceptors (Lipinski definition) is 1. The van der Waals surface area contributed by atoms with Crippen molar-refractivity contribution in [1.29, 1.82) is 0 Å². The second-order valence-electron chi connectivity index (χ2n) is 3.87. The van der Waals surface area contributed by atoms with Crippen LogP contribution in [0, 0.1) is 5.92 Å². The molecule has 0 heterocycles. The number of unbranched alkanes of at least 4 members (excludes halogenated alkanes) is 2. The highest BCUT2D eigenvalue weighted by molar-refractivity contribution is 5.78. The second kappa shape index (κ2) is 8.28. The van der Waals surface area contributed by atoms with Crippen LogP contribution in [0.1, 0.15) is 65.7 Å². The molecule has 1 unspecified atom stereocenters. The first-order valence-electron chi connectivity index (χ1n) is 5.76. The van der Waals surface area contributed by atoms with Crippen molar-refractivity contribution in [1.82, 2.24) is 0 Å². The molecule has 0 amide bonds. The predicted octanol–water partition coefficient (Wildman–Crippen LogP) is 3.96. The maximum atomic E-state index is 11.2. The Kier molecular flexibility index (Phi) is 8.07. The lowest BCUT2D eigenvalue weighted by Gasteiger charge is -2.12. The van der Waals surface area contributed by atoms with E-state index in [2.05, 4.69) is 13.8 Å². The molecule has 13 heavy (non-hydrogen) atoms. The molecule has 0 aromatic rings. The van der Waals surface area contributed by atoms with E-state index in [1.54, 1.807) is 0 Å². The second-order valence-corrected chi connectivity index (χ2v) is 3.87. The van der Waals surface area contributed by atoms with E-state index in [1.165, 1.54) is 25.7 Å². The van der Waals surface area contributed by atoms with Gasteiger partial charge in [-0.15, -0.1) is 0 Å². The standard InChI is InChI=1S/C12H24O/c1-4-7-8-9-11(5-2)10-12(13)6-3/h11H,4-10H2,1-3H3. The molecule has 1 nitrogen and oxygen atoms in total. The number of ketones is 1. The van der Waals surface area contributed by atoms with E-state index in [4.69, 9.17) is 0 Å². The van der Waals surface area contributed by atoms with Gasteiger partial charge in [0, 0.05) is 12.8 Å². The highest BCUT2D eigenvalue weighted by Crippen LogP contribution is 2.18. The molecule has 78 valence electrons. The molecule has 1 atom stereocenters. The summed E-state index contributed by atoms with van der Waals surface area (Å²) < 4.78 is 0. The molecule has 0 aromatic carbocycles. The Labute approximate surface area is 82.9 Å². The van der Waals surface area contributed by atoms with Gasteiger partial charge in [-0.2, -0.15) is 0 Å². The summed E-state index contributed by atoms with van der Waals surface area (Å²) in [5, 5.41) is 0. The zero-order valence-electron chi connectivity index (χ0n) is 9.44. The molecule has 0 spiro atoms. The van der Waals surface area contributed by atoms with Crippen LogP contribution in [0.25, 0.3) is 0 Å². The highest BCUT2D eigenvalue weighted by Gasteiger charge is 2.09. The SMILES string of the molecule is CCCCCC(CC)CC(=O)CC. The Morgan fingerprint density at radius 3 is 2.31 bits per heavy atom. The molecule has 0 aliphatic carbocycles. The van der Waals surface area contributed by atoms with Crippen molar-refractivity contribution in [3.05, 3.63) is 0 Å². The van der Waals surface area contributed by atoms with E-state index in [1.807, 2.05) is 6.92 Å². The van der Waals surface area contributed by atoms with Gasteiger partial charge in [0.05, 0.1) is 0 Å². The van der Waals surface area contributed by atoms with Crippen molar-refractivity contribution >= 4 is 5.78 Å². The Morgan fingerprint density at radius 2 is 1.85 bits per heavy atom. The fourth-order valence-corrected chi connectivity index (χ4v) is 1.60. The maximum Gasteiger partial charge on any atom is 0.132 e. The van der Waals surface area contributed by atoms with Gasteiger partial charge in [-0.1, -0.05) is 52.9 Å². The lowest BCUT2D eigenvalue weighted by Crippen LogP contribution is -2.06. The molecule has 0 radical (unpaired) electrons. The third-order valence-electron chi connectivity index (χ3n) is 2.70. The summed E-state index contributed by atoms with van der Waals surface area (Å²) in [6.07, 6.45) is 7.83. The molecule has 0 fully saturated rings. The van der Waals surface area contributed by atoms with E-state index >= 15 is 0 Å². The zero-order chi connectivity index (χ0) is 10.1. The first-order chi connectivity index (χ1) is 6.24. The van der Waals surface area contributed by atoms with E-state index in [9.17, 15) is 4.79 Å². The van der Waals surface area contributed by atoms with Crippen LogP contribution in [0.3, 0.4) is 0 Å². The van der Waals surface area contributed by atoms with Crippen LogP contribution in [0.15, 0.2) is 0 Å². The van der Waals surface area contributed by atoms with Crippen molar-refractivity contribution in [2.45, 2.75) is 65.7 Å². The summed E-state index contributed by atoms with van der Waals surface area (Å²) >= 11 is 0. The molecule has 0 aliphatic rings. The smallest absolute Gasteiger partial charge is 0.132 e. The van der Waals surface area contributed by atoms with Crippen molar-refractivity contribution in [2.75, 3.05) is 0 Å². The molecule has 0 rings (SSSR count). The molecule has 0 saturated heterocycles. The predicted molar refractivity (Wildman–Crippen MR) is 57.8 cm³/mol. The van der Waals surface area contributed by atoms with Crippen LogP contribution in [0.4, 0.5) is 0 Å². The number of rotatable bonds is 8. The summed E-state index contributed by atoms with van der Waals surface area (Å²) in [6, 6.07) is 0. The van der Waals surface area contributed by atoms with Crippen LogP contribution in [-0.4, -0.2) is 5.78 Å². The third-order valence-corrected chi connectivity index (χ3v) is 2.70. The van der Waals surface area contributed by atoms with Gasteiger partial charge in [0.2, 0.25) is 0 Å². The lowest BCUT2D eigenvalue weighted by atomic mass is 9.93. The molecular formula is C12H24O. The Bertz CT molecular complexity index is 129. The van der Waals surface area contributed by atoms with Gasteiger partial charge >= 0.3 is 0 Å². The van der Waals surface area contributed by atoms with Crippen molar-refractivity contribution < 1.29 is 4.79 Å². The molecule has 0 bridgehead atoms. The summed E-state index contributed by atoms with van der Waals surface area (Å²) in [5.41, 5.74) is 0. The first kappa shape index (κ1) is 12.7. The van der Waals surface area contributed by atoms with Crippen molar-refractivity contribution in [2.24, 2.45) is 5.92 Å². The minimum Gasteiger partial charge on any atom is -0.300 e. The maximum absolute atomic E-state index is 11.2. The summed E-state index contributed by atoms with van der Waals surface area (Å²) in [7, 11) is 0. The van der Waals surface area contributed by atoms with Crippen molar-refractivity contribution in [3.8, 4) is 0 Å². The Balaban J connectivity index is 3.56. The van der Waals surface area contributed by atoms with Gasteiger partial charge in [-0.05, 0) is 5.92 Å². The number of carbonyl (C=O) groups is 1. The summed E-state index contributed by atoms with van der Waals surface area (Å²) in [6.45, 7) is 6.37. The molecule has 0 aliphatic heterocycles. The van der Waals surface area contributed by atoms with Crippen LogP contribution >= 0.6 is 0 Å². The van der Waals surface area contributed by atoms with Gasteiger partial charge < -0.3 is 0 Å². The topological polar surface area (TPSA) is 17.1 Å². The van der Waals surface area contributed by atoms with E-state index in [0.717, 1.165) is 12.8 Å². The molecule has 0 saturated carbocycles. The molecule has 1 heteroatoms. The molecular weight excluding hydrogens is 160 g/mol. The van der Waals surface area contributed by atoms with E-state index in [-0.39, 0.29) is 0 Å².